The third kappa shape index (κ3) is 3.83. The van der Waals surface area contributed by atoms with Crippen molar-refractivity contribution in [1.29, 1.82) is 0 Å². The van der Waals surface area contributed by atoms with Crippen LogP contribution >= 0.6 is 39.1 Å². The molecule has 0 atom stereocenters. The van der Waals surface area contributed by atoms with E-state index in [2.05, 4.69) is 15.9 Å². The topological polar surface area (TPSA) is 39.1 Å². The van der Waals surface area contributed by atoms with Crippen LogP contribution in [0.4, 0.5) is 0 Å². The number of rotatable bonds is 5. The van der Waals surface area contributed by atoms with Crippen LogP contribution in [0.1, 0.15) is 16.8 Å². The van der Waals surface area contributed by atoms with Crippen LogP contribution in [0.2, 0.25) is 10.0 Å². The van der Waals surface area contributed by atoms with E-state index in [4.69, 9.17) is 23.2 Å². The molecule has 1 heterocycles. The molecule has 0 saturated heterocycles. The quantitative estimate of drug-likeness (QED) is 0.260. The zero-order valence-corrected chi connectivity index (χ0v) is 19.5. The highest BCUT2D eigenvalue weighted by Crippen LogP contribution is 2.33. The van der Waals surface area contributed by atoms with Crippen LogP contribution in [0.15, 0.2) is 77.7 Å². The molecule has 0 aliphatic carbocycles. The highest BCUT2D eigenvalue weighted by Gasteiger charge is 2.25. The molecule has 0 amide bonds. The maximum atomic E-state index is 13.5. The molecule has 0 bridgehead atoms. The number of hydrogen-bond acceptors (Lipinski definition) is 2. The summed E-state index contributed by atoms with van der Waals surface area (Å²) in [4.78, 5) is 0.240. The van der Waals surface area contributed by atoms with Gasteiger partial charge in [0.1, 0.15) is 0 Å². The van der Waals surface area contributed by atoms with E-state index < -0.39 is 10.0 Å². The Kier molecular flexibility index (Phi) is 6.07. The smallest absolute Gasteiger partial charge is 0.236 e. The van der Waals surface area contributed by atoms with Gasteiger partial charge in [-0.05, 0) is 35.9 Å². The van der Waals surface area contributed by atoms with Gasteiger partial charge in [0.2, 0.25) is 0 Å². The monoisotopic (exact) mass is 519 g/mol. The Labute approximate surface area is 193 Å². The van der Waals surface area contributed by atoms with Crippen LogP contribution < -0.4 is 0 Å². The zero-order valence-electron chi connectivity index (χ0n) is 15.6. The van der Waals surface area contributed by atoms with Gasteiger partial charge in [-0.1, -0.05) is 93.7 Å². The largest absolute Gasteiger partial charge is 0.268 e. The average molecular weight is 521 g/mol. The van der Waals surface area contributed by atoms with Gasteiger partial charge in [0, 0.05) is 26.3 Å². The van der Waals surface area contributed by atoms with E-state index in [0.717, 1.165) is 16.5 Å². The predicted molar refractivity (Wildman–Crippen MR) is 129 cm³/mol. The van der Waals surface area contributed by atoms with Crippen LogP contribution in [0, 0.1) is 0 Å². The molecule has 0 saturated carbocycles. The van der Waals surface area contributed by atoms with E-state index >= 15 is 0 Å². The molecule has 7 heteroatoms. The van der Waals surface area contributed by atoms with Crippen LogP contribution in [0.25, 0.3) is 23.1 Å². The first kappa shape index (κ1) is 21.2. The standard InChI is InChI=1S/C23H16BrCl2NO2S/c24-15-23-20(13-11-16-10-12-17(25)14-21(16)26)19-8-4-5-9-22(19)27(23)30(28,29)18-6-2-1-3-7-18/h1-14H,15H2/b13-11+. The molecular weight excluding hydrogens is 505 g/mol. The van der Waals surface area contributed by atoms with Gasteiger partial charge in [0.25, 0.3) is 10.0 Å². The predicted octanol–water partition coefficient (Wildman–Crippen LogP) is 7.25. The number of nitrogens with zero attached hydrogens (tertiary/aromatic N) is 1. The van der Waals surface area contributed by atoms with E-state index in [1.165, 1.54) is 3.97 Å². The minimum absolute atomic E-state index is 0.240. The third-order valence-electron chi connectivity index (χ3n) is 4.77. The average Bonchev–Trinajstić information content (AvgIpc) is 3.08. The summed E-state index contributed by atoms with van der Waals surface area (Å²) in [6.07, 6.45) is 3.76. The van der Waals surface area contributed by atoms with Gasteiger partial charge in [-0.3, -0.25) is 0 Å². The highest BCUT2D eigenvalue weighted by atomic mass is 79.9. The summed E-state index contributed by atoms with van der Waals surface area (Å²) >= 11 is 15.8. The summed E-state index contributed by atoms with van der Waals surface area (Å²) in [6, 6.07) is 21.2. The first-order chi connectivity index (χ1) is 14.4. The molecule has 0 spiro atoms. The Bertz CT molecular complexity index is 1360. The lowest BCUT2D eigenvalue weighted by atomic mass is 10.1. The lowest BCUT2D eigenvalue weighted by molar-refractivity contribution is 0.588. The summed E-state index contributed by atoms with van der Waals surface area (Å²) < 4.78 is 28.4. The Morgan fingerprint density at radius 3 is 2.30 bits per heavy atom. The van der Waals surface area contributed by atoms with E-state index in [9.17, 15) is 8.42 Å². The fourth-order valence-corrected chi connectivity index (χ4v) is 6.16. The zero-order chi connectivity index (χ0) is 21.3. The van der Waals surface area contributed by atoms with Crippen molar-refractivity contribution in [3.63, 3.8) is 0 Å². The van der Waals surface area contributed by atoms with Gasteiger partial charge < -0.3 is 0 Å². The first-order valence-corrected chi connectivity index (χ1v) is 12.4. The second-order valence-corrected chi connectivity index (χ2v) is 9.78. The second-order valence-electron chi connectivity index (χ2n) is 6.59. The molecule has 152 valence electrons. The van der Waals surface area contributed by atoms with Crippen molar-refractivity contribution in [1.82, 2.24) is 3.97 Å². The Balaban J connectivity index is 1.95. The number of para-hydroxylation sites is 1. The molecule has 0 unspecified atom stereocenters. The van der Waals surface area contributed by atoms with E-state index in [0.29, 0.717) is 26.6 Å². The lowest BCUT2D eigenvalue weighted by Gasteiger charge is -2.11. The van der Waals surface area contributed by atoms with Crippen molar-refractivity contribution in [2.75, 3.05) is 0 Å². The van der Waals surface area contributed by atoms with Crippen molar-refractivity contribution >= 4 is 72.2 Å². The number of aromatic nitrogens is 1. The SMILES string of the molecule is O=S(=O)(c1ccccc1)n1c(CBr)c(/C=C/c2ccc(Cl)cc2Cl)c2ccccc21. The maximum Gasteiger partial charge on any atom is 0.268 e. The van der Waals surface area contributed by atoms with Crippen LogP contribution in [-0.2, 0) is 15.4 Å². The molecule has 1 aromatic heterocycles. The molecule has 0 N–H and O–H groups in total. The molecule has 0 aliphatic heterocycles. The molecule has 3 nitrogen and oxygen atoms in total. The van der Waals surface area contributed by atoms with Crippen LogP contribution in [0.3, 0.4) is 0 Å². The summed E-state index contributed by atoms with van der Waals surface area (Å²) in [5.41, 5.74) is 2.87. The van der Waals surface area contributed by atoms with Gasteiger partial charge in [-0.25, -0.2) is 12.4 Å². The van der Waals surface area contributed by atoms with Gasteiger partial charge >= 0.3 is 0 Å². The van der Waals surface area contributed by atoms with Gasteiger partial charge in [0.15, 0.2) is 0 Å². The van der Waals surface area contributed by atoms with Crippen LogP contribution in [0.5, 0.6) is 0 Å². The molecule has 3 aromatic carbocycles. The third-order valence-corrected chi connectivity index (χ3v) is 7.63. The summed E-state index contributed by atoms with van der Waals surface area (Å²) in [6.45, 7) is 0. The fourth-order valence-electron chi connectivity index (χ4n) is 3.38. The van der Waals surface area contributed by atoms with Crippen molar-refractivity contribution in [2.24, 2.45) is 0 Å². The van der Waals surface area contributed by atoms with Crippen molar-refractivity contribution in [3.8, 4) is 0 Å². The number of fused-ring (bicyclic) bond motifs is 1. The van der Waals surface area contributed by atoms with Crippen molar-refractivity contribution < 1.29 is 8.42 Å². The molecule has 0 fully saturated rings. The summed E-state index contributed by atoms with van der Waals surface area (Å²) in [7, 11) is -3.77. The van der Waals surface area contributed by atoms with Gasteiger partial charge in [0.05, 0.1) is 16.1 Å². The number of alkyl halides is 1. The summed E-state index contributed by atoms with van der Waals surface area (Å²) in [5, 5.41) is 2.29. The van der Waals surface area contributed by atoms with E-state index in [1.807, 2.05) is 42.5 Å². The number of benzene rings is 3. The van der Waals surface area contributed by atoms with Crippen LogP contribution in [-0.4, -0.2) is 12.4 Å². The second kappa shape index (κ2) is 8.60. The Morgan fingerprint density at radius 2 is 1.60 bits per heavy atom. The lowest BCUT2D eigenvalue weighted by Crippen LogP contribution is -2.15. The minimum Gasteiger partial charge on any atom is -0.236 e. The van der Waals surface area contributed by atoms with Crippen molar-refractivity contribution in [3.05, 3.63) is 99.7 Å². The normalized spacial score (nSPS) is 12.1. The Morgan fingerprint density at radius 1 is 0.900 bits per heavy atom. The molecule has 30 heavy (non-hydrogen) atoms. The minimum atomic E-state index is -3.77. The van der Waals surface area contributed by atoms with E-state index in [-0.39, 0.29) is 4.90 Å². The number of hydrogen-bond donors (Lipinski definition) is 0. The Hall–Kier alpha value is -2.05. The summed E-state index contributed by atoms with van der Waals surface area (Å²) in [5.74, 6) is 0. The molecule has 0 radical (unpaired) electrons. The fraction of sp³-hybridized carbons (Fsp3) is 0.0435. The van der Waals surface area contributed by atoms with Gasteiger partial charge in [-0.15, -0.1) is 0 Å². The molecule has 4 rings (SSSR count). The highest BCUT2D eigenvalue weighted by molar-refractivity contribution is 9.08. The van der Waals surface area contributed by atoms with Gasteiger partial charge in [-0.2, -0.15) is 0 Å². The first-order valence-electron chi connectivity index (χ1n) is 9.05. The molecule has 4 aromatic rings. The number of halogens is 3. The van der Waals surface area contributed by atoms with E-state index in [1.54, 1.807) is 42.5 Å². The maximum absolute atomic E-state index is 13.5. The molecule has 0 aliphatic rings. The molecular formula is C23H16BrCl2NO2S. The van der Waals surface area contributed by atoms with Crippen molar-refractivity contribution in [2.45, 2.75) is 10.2 Å².